The van der Waals surface area contributed by atoms with Crippen molar-refractivity contribution in [1.29, 1.82) is 0 Å². The molecule has 0 radical (unpaired) electrons. The van der Waals surface area contributed by atoms with Gasteiger partial charge in [-0.15, -0.1) is 6.34 Å². The second-order valence-electron chi connectivity index (χ2n) is 2.61. The predicted octanol–water partition coefficient (Wildman–Crippen LogP) is 0.650. The van der Waals surface area contributed by atoms with Crippen molar-refractivity contribution in [2.24, 2.45) is 0 Å². The summed E-state index contributed by atoms with van der Waals surface area (Å²) in [6, 6.07) is 0. The van der Waals surface area contributed by atoms with Crippen LogP contribution in [0, 0.1) is 0 Å². The fourth-order valence-electron chi connectivity index (χ4n) is 1.21. The molecule has 10 heavy (non-hydrogen) atoms. The summed E-state index contributed by atoms with van der Waals surface area (Å²) in [4.78, 5) is 2.24. The SMILES string of the molecule is CCN1[C-]=[N+](CC)CCC1. The Labute approximate surface area is 63.2 Å². The summed E-state index contributed by atoms with van der Waals surface area (Å²) in [5.41, 5.74) is 0. The van der Waals surface area contributed by atoms with Crippen molar-refractivity contribution >= 4 is 6.34 Å². The van der Waals surface area contributed by atoms with E-state index in [1.807, 2.05) is 0 Å². The third kappa shape index (κ3) is 1.72. The molecule has 0 aromatic carbocycles. The summed E-state index contributed by atoms with van der Waals surface area (Å²) in [5.74, 6) is 0. The maximum atomic E-state index is 3.32. The van der Waals surface area contributed by atoms with Crippen molar-refractivity contribution in [3.63, 3.8) is 0 Å². The van der Waals surface area contributed by atoms with Gasteiger partial charge in [-0.3, -0.25) is 0 Å². The van der Waals surface area contributed by atoms with Crippen LogP contribution in [0.2, 0.25) is 0 Å². The van der Waals surface area contributed by atoms with E-state index in [2.05, 4.69) is 29.7 Å². The smallest absolute Gasteiger partial charge is 0.0561 e. The highest BCUT2D eigenvalue weighted by atomic mass is 15.2. The maximum Gasteiger partial charge on any atom is 0.0561 e. The van der Waals surface area contributed by atoms with Gasteiger partial charge in [0, 0.05) is 19.5 Å². The molecule has 0 amide bonds. The number of hydrogen-bond acceptors (Lipinski definition) is 1. The lowest BCUT2D eigenvalue weighted by molar-refractivity contribution is -0.529. The second kappa shape index (κ2) is 3.59. The molecule has 0 fully saturated rings. The Bertz CT molecular complexity index is 129. The third-order valence-electron chi connectivity index (χ3n) is 1.90. The quantitative estimate of drug-likeness (QED) is 0.403. The molecular weight excluding hydrogens is 124 g/mol. The van der Waals surface area contributed by atoms with Crippen LogP contribution in [-0.2, 0) is 0 Å². The average molecular weight is 140 g/mol. The zero-order valence-electron chi connectivity index (χ0n) is 6.93. The molecule has 2 nitrogen and oxygen atoms in total. The van der Waals surface area contributed by atoms with Gasteiger partial charge in [0.05, 0.1) is 13.1 Å². The van der Waals surface area contributed by atoms with E-state index >= 15 is 0 Å². The van der Waals surface area contributed by atoms with E-state index in [1.165, 1.54) is 19.5 Å². The van der Waals surface area contributed by atoms with Gasteiger partial charge < -0.3 is 9.48 Å². The minimum atomic E-state index is 1.09. The maximum absolute atomic E-state index is 3.32. The van der Waals surface area contributed by atoms with E-state index in [1.54, 1.807) is 0 Å². The molecule has 0 aliphatic carbocycles. The van der Waals surface area contributed by atoms with Gasteiger partial charge in [0.15, 0.2) is 0 Å². The van der Waals surface area contributed by atoms with Crippen molar-refractivity contribution in [2.45, 2.75) is 20.3 Å². The summed E-state index contributed by atoms with van der Waals surface area (Å²) in [7, 11) is 0. The molecule has 0 N–H and O–H groups in total. The molecule has 2 heteroatoms. The summed E-state index contributed by atoms with van der Waals surface area (Å²) in [5, 5.41) is 0. The lowest BCUT2D eigenvalue weighted by Crippen LogP contribution is -2.35. The monoisotopic (exact) mass is 140 g/mol. The van der Waals surface area contributed by atoms with Crippen LogP contribution in [0.25, 0.3) is 0 Å². The Morgan fingerprint density at radius 1 is 1.50 bits per heavy atom. The van der Waals surface area contributed by atoms with Gasteiger partial charge in [-0.2, -0.15) is 0 Å². The normalized spacial score (nSPS) is 19.0. The van der Waals surface area contributed by atoms with E-state index in [-0.39, 0.29) is 0 Å². The van der Waals surface area contributed by atoms with Crippen molar-refractivity contribution in [3.8, 4) is 0 Å². The van der Waals surface area contributed by atoms with Crippen LogP contribution in [0.3, 0.4) is 0 Å². The topological polar surface area (TPSA) is 6.25 Å². The first-order valence-electron chi connectivity index (χ1n) is 4.13. The molecule has 0 spiro atoms. The second-order valence-corrected chi connectivity index (χ2v) is 2.61. The Hall–Kier alpha value is -0.530. The highest BCUT2D eigenvalue weighted by Gasteiger charge is 2.01. The first-order valence-corrected chi connectivity index (χ1v) is 4.13. The standard InChI is InChI=1S/C8H16N2/c1-3-9-6-5-7-10(4-2)8-9/h3-7H2,1-2H3. The first-order chi connectivity index (χ1) is 4.86. The molecule has 0 bridgehead atoms. The molecule has 58 valence electrons. The molecule has 0 saturated carbocycles. The van der Waals surface area contributed by atoms with Crippen LogP contribution < -0.4 is 0 Å². The number of hydrogen-bond donors (Lipinski definition) is 0. The van der Waals surface area contributed by atoms with Crippen LogP contribution in [0.4, 0.5) is 0 Å². The van der Waals surface area contributed by atoms with Crippen molar-refractivity contribution < 1.29 is 4.58 Å². The Morgan fingerprint density at radius 3 is 2.90 bits per heavy atom. The van der Waals surface area contributed by atoms with Crippen LogP contribution in [-0.4, -0.2) is 42.0 Å². The van der Waals surface area contributed by atoms with Gasteiger partial charge in [0.25, 0.3) is 0 Å². The van der Waals surface area contributed by atoms with E-state index in [0.29, 0.717) is 0 Å². The molecule has 1 aliphatic rings. The summed E-state index contributed by atoms with van der Waals surface area (Å²) >= 11 is 0. The Kier molecular flexibility index (Phi) is 2.72. The zero-order chi connectivity index (χ0) is 7.40. The summed E-state index contributed by atoms with van der Waals surface area (Å²) in [6.45, 7) is 8.91. The molecule has 0 aromatic heterocycles. The third-order valence-corrected chi connectivity index (χ3v) is 1.90. The van der Waals surface area contributed by atoms with Gasteiger partial charge in [0.2, 0.25) is 0 Å². The fourth-order valence-corrected chi connectivity index (χ4v) is 1.21. The van der Waals surface area contributed by atoms with E-state index in [9.17, 15) is 0 Å². The highest BCUT2D eigenvalue weighted by Crippen LogP contribution is 1.95. The fraction of sp³-hybridized carbons (Fsp3) is 0.875. The molecule has 0 saturated heterocycles. The number of rotatable bonds is 2. The van der Waals surface area contributed by atoms with Gasteiger partial charge in [-0.05, 0) is 13.8 Å². The minimum absolute atomic E-state index is 1.09. The van der Waals surface area contributed by atoms with Gasteiger partial charge in [0.1, 0.15) is 0 Å². The minimum Gasteiger partial charge on any atom is -0.438 e. The van der Waals surface area contributed by atoms with E-state index in [4.69, 9.17) is 0 Å². The molecule has 0 aromatic rings. The van der Waals surface area contributed by atoms with Crippen LogP contribution in [0.1, 0.15) is 20.3 Å². The molecule has 1 rings (SSSR count). The van der Waals surface area contributed by atoms with Crippen LogP contribution in [0.15, 0.2) is 0 Å². The van der Waals surface area contributed by atoms with E-state index < -0.39 is 0 Å². The van der Waals surface area contributed by atoms with Gasteiger partial charge in [-0.1, -0.05) is 0 Å². The van der Waals surface area contributed by atoms with E-state index in [0.717, 1.165) is 13.1 Å². The Morgan fingerprint density at radius 2 is 2.30 bits per heavy atom. The molecule has 1 heterocycles. The zero-order valence-corrected chi connectivity index (χ0v) is 6.93. The van der Waals surface area contributed by atoms with Gasteiger partial charge in [-0.25, -0.2) is 0 Å². The molecular formula is C8H16N2. The first kappa shape index (κ1) is 7.58. The lowest BCUT2D eigenvalue weighted by Gasteiger charge is -2.30. The molecule has 0 unspecified atom stereocenters. The number of nitrogens with zero attached hydrogens (tertiary/aromatic N) is 2. The molecule has 1 aliphatic heterocycles. The summed E-state index contributed by atoms with van der Waals surface area (Å²) in [6.07, 6.45) is 4.61. The van der Waals surface area contributed by atoms with Crippen LogP contribution in [0.5, 0.6) is 0 Å². The Balaban J connectivity index is 2.48. The average Bonchev–Trinajstić information content (AvgIpc) is 2.05. The predicted molar refractivity (Wildman–Crippen MR) is 42.5 cm³/mol. The molecule has 0 atom stereocenters. The summed E-state index contributed by atoms with van der Waals surface area (Å²) < 4.78 is 2.24. The van der Waals surface area contributed by atoms with Crippen LogP contribution >= 0.6 is 0 Å². The van der Waals surface area contributed by atoms with Crippen molar-refractivity contribution in [1.82, 2.24) is 4.90 Å². The van der Waals surface area contributed by atoms with Crippen molar-refractivity contribution in [2.75, 3.05) is 26.2 Å². The van der Waals surface area contributed by atoms with Crippen molar-refractivity contribution in [3.05, 3.63) is 0 Å². The largest absolute Gasteiger partial charge is 0.438 e. The highest BCUT2D eigenvalue weighted by molar-refractivity contribution is 5.49. The van der Waals surface area contributed by atoms with Gasteiger partial charge >= 0.3 is 0 Å². The lowest BCUT2D eigenvalue weighted by atomic mass is 10.3.